The molecule has 2 saturated heterocycles. The van der Waals surface area contributed by atoms with E-state index in [-0.39, 0.29) is 47.4 Å². The number of benzene rings is 1. The number of piperidine rings is 1. The van der Waals surface area contributed by atoms with E-state index in [4.69, 9.17) is 17.0 Å². The molecule has 2 heterocycles. The topological polar surface area (TPSA) is 82.7 Å². The van der Waals surface area contributed by atoms with E-state index in [2.05, 4.69) is 41.1 Å². The van der Waals surface area contributed by atoms with Gasteiger partial charge in [-0.3, -0.25) is 9.59 Å². The molecule has 1 spiro atoms. The van der Waals surface area contributed by atoms with Crippen LogP contribution in [0.15, 0.2) is 24.3 Å². The number of nitrogens with zero attached hydrogens (tertiary/aromatic N) is 1. The van der Waals surface area contributed by atoms with Crippen LogP contribution in [0, 0.1) is 5.92 Å². The zero-order valence-corrected chi connectivity index (χ0v) is 20.8. The molecule has 180 valence electrons. The molecule has 2 fully saturated rings. The van der Waals surface area contributed by atoms with Gasteiger partial charge >= 0.3 is 0 Å². The van der Waals surface area contributed by atoms with E-state index in [1.54, 1.807) is 7.11 Å². The fraction of sp³-hybridized carbons (Fsp3) is 0.640. The molecular formula is C25H36N4O3S. The lowest BCUT2D eigenvalue weighted by atomic mass is 9.71. The van der Waals surface area contributed by atoms with Crippen molar-refractivity contribution in [1.29, 1.82) is 0 Å². The minimum absolute atomic E-state index is 0.0307. The summed E-state index contributed by atoms with van der Waals surface area (Å²) in [6, 6.07) is 8.53. The molecular weight excluding hydrogens is 436 g/mol. The highest BCUT2D eigenvalue weighted by Gasteiger charge is 2.54. The Bertz CT molecular complexity index is 913. The molecule has 8 heteroatoms. The zero-order valence-electron chi connectivity index (χ0n) is 20.0. The number of hydrogen-bond acceptors (Lipinski definition) is 4. The van der Waals surface area contributed by atoms with Crippen LogP contribution in [0.3, 0.4) is 0 Å². The van der Waals surface area contributed by atoms with Crippen LogP contribution in [0.2, 0.25) is 0 Å². The van der Waals surface area contributed by atoms with Gasteiger partial charge in [0.15, 0.2) is 5.11 Å². The highest BCUT2D eigenvalue weighted by Crippen LogP contribution is 2.52. The molecule has 0 radical (unpaired) electrons. The lowest BCUT2D eigenvalue weighted by molar-refractivity contribution is -0.134. The summed E-state index contributed by atoms with van der Waals surface area (Å²) in [5.74, 6) is 0.108. The average Bonchev–Trinajstić information content (AvgIpc) is 3.02. The molecule has 3 aliphatic rings. The predicted octanol–water partition coefficient (Wildman–Crippen LogP) is 2.40. The van der Waals surface area contributed by atoms with Gasteiger partial charge in [0.25, 0.3) is 0 Å². The minimum Gasteiger partial charge on any atom is -0.378 e. The van der Waals surface area contributed by atoms with Gasteiger partial charge in [-0.15, -0.1) is 0 Å². The normalized spacial score (nSPS) is 28.3. The largest absolute Gasteiger partial charge is 0.378 e. The predicted molar refractivity (Wildman–Crippen MR) is 132 cm³/mol. The van der Waals surface area contributed by atoms with E-state index < -0.39 is 0 Å². The molecule has 1 aromatic carbocycles. The fourth-order valence-electron chi connectivity index (χ4n) is 5.87. The summed E-state index contributed by atoms with van der Waals surface area (Å²) in [6.45, 7) is 7.27. The Morgan fingerprint density at radius 2 is 1.94 bits per heavy atom. The summed E-state index contributed by atoms with van der Waals surface area (Å²) in [7, 11) is 1.73. The third-order valence-electron chi connectivity index (χ3n) is 7.54. The van der Waals surface area contributed by atoms with Crippen molar-refractivity contribution in [2.45, 2.75) is 76.1 Å². The molecule has 4 atom stereocenters. The van der Waals surface area contributed by atoms with Crippen molar-refractivity contribution in [2.24, 2.45) is 5.92 Å². The second kappa shape index (κ2) is 9.58. The van der Waals surface area contributed by atoms with Crippen LogP contribution in [0.25, 0.3) is 0 Å². The molecule has 0 aromatic heterocycles. The molecule has 2 amide bonds. The number of likely N-dealkylation sites (tertiary alicyclic amines) is 1. The molecule has 7 nitrogen and oxygen atoms in total. The highest BCUT2D eigenvalue weighted by molar-refractivity contribution is 7.80. The van der Waals surface area contributed by atoms with E-state index >= 15 is 0 Å². The van der Waals surface area contributed by atoms with Gasteiger partial charge in [-0.2, -0.15) is 0 Å². The number of fused-ring (bicyclic) bond motifs is 2. The summed E-state index contributed by atoms with van der Waals surface area (Å²) in [5.41, 5.74) is 2.18. The van der Waals surface area contributed by atoms with Crippen molar-refractivity contribution in [1.82, 2.24) is 20.9 Å². The molecule has 0 saturated carbocycles. The first-order chi connectivity index (χ1) is 15.7. The number of rotatable bonds is 5. The van der Waals surface area contributed by atoms with Crippen LogP contribution >= 0.6 is 12.2 Å². The number of amides is 2. The molecule has 0 bridgehead atoms. The van der Waals surface area contributed by atoms with E-state index in [1.807, 2.05) is 24.8 Å². The summed E-state index contributed by atoms with van der Waals surface area (Å²) in [5, 5.41) is 10.3. The first kappa shape index (κ1) is 24.0. The smallest absolute Gasteiger partial charge is 0.224 e. The molecule has 2 aliphatic heterocycles. The maximum Gasteiger partial charge on any atom is 0.224 e. The maximum absolute atomic E-state index is 13.1. The van der Waals surface area contributed by atoms with E-state index in [0.29, 0.717) is 24.6 Å². The quantitative estimate of drug-likeness (QED) is 0.571. The lowest BCUT2D eigenvalue weighted by Gasteiger charge is -2.44. The van der Waals surface area contributed by atoms with Crippen molar-refractivity contribution in [2.75, 3.05) is 20.2 Å². The minimum atomic E-state index is -0.208. The van der Waals surface area contributed by atoms with Crippen LogP contribution in [0.5, 0.6) is 0 Å². The number of ether oxygens (including phenoxy) is 1. The molecule has 1 aliphatic carbocycles. The maximum atomic E-state index is 13.1. The second-order valence-corrected chi connectivity index (χ2v) is 10.5. The monoisotopic (exact) mass is 472 g/mol. The molecule has 4 rings (SSSR count). The zero-order chi connectivity index (χ0) is 23.8. The molecule has 0 unspecified atom stereocenters. The summed E-state index contributed by atoms with van der Waals surface area (Å²) < 4.78 is 6.07. The summed E-state index contributed by atoms with van der Waals surface area (Å²) >= 11 is 5.27. The van der Waals surface area contributed by atoms with Crippen molar-refractivity contribution in [3.63, 3.8) is 0 Å². The van der Waals surface area contributed by atoms with E-state index in [1.165, 1.54) is 5.56 Å². The Labute approximate surface area is 202 Å². The number of hydrogen-bond donors (Lipinski definition) is 3. The van der Waals surface area contributed by atoms with Crippen molar-refractivity contribution >= 4 is 29.1 Å². The Balaban J connectivity index is 1.48. The van der Waals surface area contributed by atoms with Gasteiger partial charge in [-0.25, -0.2) is 0 Å². The third-order valence-corrected chi connectivity index (χ3v) is 7.77. The van der Waals surface area contributed by atoms with E-state index in [9.17, 15) is 9.59 Å². The average molecular weight is 473 g/mol. The Morgan fingerprint density at radius 3 is 2.58 bits per heavy atom. The highest BCUT2D eigenvalue weighted by atomic mass is 32.1. The standard InChI is InChI=1S/C25H36N4O3S/c1-15(2)23(31)28-21-18-7-5-6-8-19(18)25(22(21)32-4)9-11-29(12-10-25)20(30)14-17-13-16(3)26-24(33)27-17/h5-8,15-17,21-22H,9-14H2,1-4H3,(H,28,31)(H2,26,27,33)/t16-,17+,21-,22+/m0/s1. The SMILES string of the molecule is CO[C@@H]1[C@@H](NC(=O)C(C)C)c2ccccc2C12CCN(C(=O)C[C@H]1C[C@H](C)NC(=S)N1)CC2. The Kier molecular flexibility index (Phi) is 6.96. The fourth-order valence-corrected chi connectivity index (χ4v) is 6.24. The summed E-state index contributed by atoms with van der Waals surface area (Å²) in [4.78, 5) is 27.7. The van der Waals surface area contributed by atoms with Gasteiger partial charge in [0.1, 0.15) is 0 Å². The first-order valence-corrected chi connectivity index (χ1v) is 12.4. The van der Waals surface area contributed by atoms with Crippen LogP contribution in [0.4, 0.5) is 0 Å². The van der Waals surface area contributed by atoms with Gasteiger partial charge < -0.3 is 25.6 Å². The third kappa shape index (κ3) is 4.60. The number of thiocarbonyl (C=S) groups is 1. The number of carbonyl (C=O) groups excluding carboxylic acids is 2. The van der Waals surface area contributed by atoms with Crippen molar-refractivity contribution in [3.8, 4) is 0 Å². The van der Waals surface area contributed by atoms with Crippen molar-refractivity contribution < 1.29 is 14.3 Å². The van der Waals surface area contributed by atoms with Crippen LogP contribution < -0.4 is 16.0 Å². The number of nitrogens with one attached hydrogen (secondary N) is 3. The van der Waals surface area contributed by atoms with Gasteiger partial charge in [0.2, 0.25) is 11.8 Å². The van der Waals surface area contributed by atoms with Gasteiger partial charge in [0, 0.05) is 50.0 Å². The van der Waals surface area contributed by atoms with Crippen LogP contribution in [-0.4, -0.2) is 60.2 Å². The van der Waals surface area contributed by atoms with Crippen LogP contribution in [0.1, 0.15) is 63.6 Å². The molecule has 33 heavy (non-hydrogen) atoms. The number of carbonyl (C=O) groups is 2. The number of methoxy groups -OCH3 is 1. The second-order valence-electron chi connectivity index (χ2n) is 10.1. The van der Waals surface area contributed by atoms with Gasteiger partial charge in [-0.1, -0.05) is 38.1 Å². The van der Waals surface area contributed by atoms with Gasteiger partial charge in [0.05, 0.1) is 12.1 Å². The van der Waals surface area contributed by atoms with Crippen LogP contribution in [-0.2, 0) is 19.7 Å². The van der Waals surface area contributed by atoms with Crippen molar-refractivity contribution in [3.05, 3.63) is 35.4 Å². The molecule has 3 N–H and O–H groups in total. The Hall–Kier alpha value is -2.19. The first-order valence-electron chi connectivity index (χ1n) is 12.0. The van der Waals surface area contributed by atoms with Gasteiger partial charge in [-0.05, 0) is 49.5 Å². The summed E-state index contributed by atoms with van der Waals surface area (Å²) in [6.07, 6.45) is 2.81. The lowest BCUT2D eigenvalue weighted by Crippen LogP contribution is -2.55. The molecule has 1 aromatic rings. The van der Waals surface area contributed by atoms with E-state index in [0.717, 1.165) is 24.8 Å². The Morgan fingerprint density at radius 1 is 1.24 bits per heavy atom.